The van der Waals surface area contributed by atoms with Crippen LogP contribution >= 0.6 is 0 Å². The van der Waals surface area contributed by atoms with Crippen molar-refractivity contribution in [2.45, 2.75) is 39.5 Å². The van der Waals surface area contributed by atoms with Gasteiger partial charge in [-0.3, -0.25) is 19.2 Å². The lowest BCUT2D eigenvalue weighted by Gasteiger charge is -2.32. The Balaban J connectivity index is 2.67. The first-order valence-corrected chi connectivity index (χ1v) is 7.34. The maximum atomic E-state index is 12.5. The number of carbonyl (C=O) groups excluding carboxylic acids is 3. The van der Waals surface area contributed by atoms with Crippen LogP contribution in [0.25, 0.3) is 0 Å². The van der Waals surface area contributed by atoms with E-state index < -0.39 is 29.7 Å². The molecule has 1 saturated carbocycles. The molecular weight excluding hydrogens is 292 g/mol. The number of aliphatic carboxylic acids is 1. The van der Waals surface area contributed by atoms with Crippen LogP contribution in [0.2, 0.25) is 0 Å². The van der Waals surface area contributed by atoms with E-state index in [-0.39, 0.29) is 19.0 Å². The quantitative estimate of drug-likeness (QED) is 0.707. The van der Waals surface area contributed by atoms with E-state index in [1.54, 1.807) is 6.92 Å². The maximum Gasteiger partial charge on any atom is 0.329 e. The molecule has 0 aromatic rings. The van der Waals surface area contributed by atoms with Crippen LogP contribution in [0, 0.1) is 11.8 Å². The summed E-state index contributed by atoms with van der Waals surface area (Å²) < 4.78 is 0. The van der Waals surface area contributed by atoms with Crippen molar-refractivity contribution in [2.75, 3.05) is 13.1 Å². The van der Waals surface area contributed by atoms with Gasteiger partial charge in [-0.2, -0.15) is 5.48 Å². The number of hydroxylamine groups is 1. The largest absolute Gasteiger partial charge is 0.481 e. The number of carboxylic acids is 1. The van der Waals surface area contributed by atoms with Crippen molar-refractivity contribution in [3.05, 3.63) is 0 Å². The van der Waals surface area contributed by atoms with E-state index in [0.29, 0.717) is 12.8 Å². The van der Waals surface area contributed by atoms with Gasteiger partial charge in [0.05, 0.1) is 11.8 Å². The average molecular weight is 314 g/mol. The number of carbonyl (C=O) groups is 4. The van der Waals surface area contributed by atoms with E-state index in [2.05, 4.69) is 4.84 Å². The molecular formula is C14H22N2O6. The van der Waals surface area contributed by atoms with E-state index >= 15 is 0 Å². The van der Waals surface area contributed by atoms with Crippen LogP contribution < -0.4 is 5.48 Å². The molecule has 8 heteroatoms. The predicted octanol–water partition coefficient (Wildman–Crippen LogP) is 0.320. The van der Waals surface area contributed by atoms with Gasteiger partial charge in [-0.05, 0) is 19.8 Å². The third-order valence-corrected chi connectivity index (χ3v) is 3.74. The summed E-state index contributed by atoms with van der Waals surface area (Å²) in [6, 6.07) is 0. The van der Waals surface area contributed by atoms with E-state index in [9.17, 15) is 24.3 Å². The molecule has 0 heterocycles. The molecule has 0 radical (unpaired) electrons. The normalized spacial score (nSPS) is 20.8. The van der Waals surface area contributed by atoms with Gasteiger partial charge in [-0.15, -0.1) is 0 Å². The first-order chi connectivity index (χ1) is 10.4. The predicted molar refractivity (Wildman–Crippen MR) is 75.2 cm³/mol. The Morgan fingerprint density at radius 1 is 1.18 bits per heavy atom. The Labute approximate surface area is 128 Å². The van der Waals surface area contributed by atoms with Gasteiger partial charge < -0.3 is 14.8 Å². The van der Waals surface area contributed by atoms with Gasteiger partial charge >= 0.3 is 11.9 Å². The highest BCUT2D eigenvalue weighted by Crippen LogP contribution is 2.31. The highest BCUT2D eigenvalue weighted by molar-refractivity contribution is 5.88. The fourth-order valence-corrected chi connectivity index (χ4v) is 2.64. The molecule has 2 unspecified atom stereocenters. The number of nitrogens with one attached hydrogen (secondary N) is 1. The number of amides is 2. The minimum Gasteiger partial charge on any atom is -0.481 e. The molecule has 0 spiro atoms. The van der Waals surface area contributed by atoms with Gasteiger partial charge in [0, 0.05) is 13.5 Å². The third kappa shape index (κ3) is 5.01. The van der Waals surface area contributed by atoms with Crippen molar-refractivity contribution in [3.8, 4) is 0 Å². The third-order valence-electron chi connectivity index (χ3n) is 3.74. The van der Waals surface area contributed by atoms with Gasteiger partial charge in [0.2, 0.25) is 5.91 Å². The molecule has 2 amide bonds. The van der Waals surface area contributed by atoms with Crippen LogP contribution in [0.4, 0.5) is 0 Å². The van der Waals surface area contributed by atoms with Crippen LogP contribution in [-0.2, 0) is 24.0 Å². The molecule has 1 rings (SSSR count). The number of likely N-dealkylation sites (N-methyl/N-ethyl adjacent to an activating group) is 1. The summed E-state index contributed by atoms with van der Waals surface area (Å²) in [5.41, 5.74) is 1.94. The summed E-state index contributed by atoms with van der Waals surface area (Å²) in [4.78, 5) is 51.7. The first-order valence-electron chi connectivity index (χ1n) is 7.34. The molecule has 8 nitrogen and oxygen atoms in total. The second kappa shape index (κ2) is 8.35. The molecule has 2 atom stereocenters. The summed E-state index contributed by atoms with van der Waals surface area (Å²) in [5, 5.41) is 9.23. The Bertz CT molecular complexity index is 451. The van der Waals surface area contributed by atoms with Gasteiger partial charge in [0.15, 0.2) is 0 Å². The lowest BCUT2D eigenvalue weighted by atomic mass is 9.78. The number of nitrogens with zero attached hydrogens (tertiary/aromatic N) is 1. The Hall–Kier alpha value is -2.12. The number of hydrogen-bond donors (Lipinski definition) is 2. The summed E-state index contributed by atoms with van der Waals surface area (Å²) in [6.45, 7) is 2.85. The van der Waals surface area contributed by atoms with E-state index in [1.807, 2.05) is 5.48 Å². The zero-order chi connectivity index (χ0) is 16.7. The number of rotatable bonds is 5. The SMILES string of the molecule is CCN(CC(=O)NOC(C)=O)C(=O)C1CCCCC1C(=O)O. The zero-order valence-corrected chi connectivity index (χ0v) is 12.8. The lowest BCUT2D eigenvalue weighted by molar-refractivity contribution is -0.158. The fourth-order valence-electron chi connectivity index (χ4n) is 2.64. The molecule has 0 aromatic carbocycles. The van der Waals surface area contributed by atoms with Gasteiger partial charge in [-0.1, -0.05) is 12.8 Å². The summed E-state index contributed by atoms with van der Waals surface area (Å²) in [5.74, 6) is -3.92. The number of carboxylic acid groups (broad SMARTS) is 1. The highest BCUT2D eigenvalue weighted by Gasteiger charge is 2.37. The monoisotopic (exact) mass is 314 g/mol. The molecule has 0 saturated heterocycles. The second-order valence-electron chi connectivity index (χ2n) is 5.31. The van der Waals surface area contributed by atoms with E-state index in [4.69, 9.17) is 0 Å². The molecule has 22 heavy (non-hydrogen) atoms. The first kappa shape index (κ1) is 17.9. The van der Waals surface area contributed by atoms with E-state index in [1.165, 1.54) is 4.90 Å². The van der Waals surface area contributed by atoms with Crippen LogP contribution in [0.1, 0.15) is 39.5 Å². The van der Waals surface area contributed by atoms with Crippen LogP contribution in [0.3, 0.4) is 0 Å². The van der Waals surface area contributed by atoms with Gasteiger partial charge in [-0.25, -0.2) is 0 Å². The highest BCUT2D eigenvalue weighted by atomic mass is 16.7. The second-order valence-corrected chi connectivity index (χ2v) is 5.31. The Kier molecular flexibility index (Phi) is 6.81. The molecule has 124 valence electrons. The molecule has 2 N–H and O–H groups in total. The summed E-state index contributed by atoms with van der Waals surface area (Å²) in [7, 11) is 0. The van der Waals surface area contributed by atoms with Crippen molar-refractivity contribution in [1.82, 2.24) is 10.4 Å². The van der Waals surface area contributed by atoms with Crippen molar-refractivity contribution >= 4 is 23.8 Å². The minimum absolute atomic E-state index is 0.272. The molecule has 1 aliphatic carbocycles. The average Bonchev–Trinajstić information content (AvgIpc) is 2.49. The molecule has 0 aliphatic heterocycles. The standard InChI is InChI=1S/C14H22N2O6/c1-3-16(8-12(18)15-22-9(2)17)13(19)10-6-4-5-7-11(10)14(20)21/h10-11H,3-8H2,1-2H3,(H,15,18)(H,20,21). The van der Waals surface area contributed by atoms with Crippen LogP contribution in [0.5, 0.6) is 0 Å². The fraction of sp³-hybridized carbons (Fsp3) is 0.714. The zero-order valence-electron chi connectivity index (χ0n) is 12.8. The molecule has 1 fully saturated rings. The van der Waals surface area contributed by atoms with Crippen molar-refractivity contribution < 1.29 is 29.1 Å². The summed E-state index contributed by atoms with van der Waals surface area (Å²) >= 11 is 0. The Morgan fingerprint density at radius 2 is 1.77 bits per heavy atom. The van der Waals surface area contributed by atoms with Crippen LogP contribution in [0.15, 0.2) is 0 Å². The van der Waals surface area contributed by atoms with Crippen LogP contribution in [-0.4, -0.2) is 46.8 Å². The van der Waals surface area contributed by atoms with Crippen molar-refractivity contribution in [3.63, 3.8) is 0 Å². The smallest absolute Gasteiger partial charge is 0.329 e. The van der Waals surface area contributed by atoms with Crippen molar-refractivity contribution in [1.29, 1.82) is 0 Å². The topological polar surface area (TPSA) is 113 Å². The van der Waals surface area contributed by atoms with Crippen molar-refractivity contribution in [2.24, 2.45) is 11.8 Å². The van der Waals surface area contributed by atoms with Gasteiger partial charge in [0.25, 0.3) is 5.91 Å². The summed E-state index contributed by atoms with van der Waals surface area (Å²) in [6.07, 6.45) is 2.58. The van der Waals surface area contributed by atoms with E-state index in [0.717, 1.165) is 19.8 Å². The maximum absolute atomic E-state index is 12.5. The lowest BCUT2D eigenvalue weighted by Crippen LogP contribution is -2.46. The minimum atomic E-state index is -0.974. The number of hydrogen-bond acceptors (Lipinski definition) is 5. The Morgan fingerprint density at radius 3 is 2.27 bits per heavy atom. The molecule has 0 aromatic heterocycles. The van der Waals surface area contributed by atoms with Gasteiger partial charge in [0.1, 0.15) is 6.54 Å². The molecule has 0 bridgehead atoms. The molecule has 1 aliphatic rings.